The van der Waals surface area contributed by atoms with Gasteiger partial charge in [-0.2, -0.15) is 11.8 Å². The van der Waals surface area contributed by atoms with Crippen LogP contribution in [-0.2, 0) is 9.09 Å². The molecule has 0 amide bonds. The van der Waals surface area contributed by atoms with Gasteiger partial charge in [0.15, 0.2) is 0 Å². The lowest BCUT2D eigenvalue weighted by Crippen LogP contribution is -1.95. The third kappa shape index (κ3) is 12.5. The first-order valence-electron chi connectivity index (χ1n) is 4.84. The summed E-state index contributed by atoms with van der Waals surface area (Å²) in [6.07, 6.45) is 4.91. The minimum atomic E-state index is -4.25. The minimum absolute atomic E-state index is 0.128. The summed E-state index contributed by atoms with van der Waals surface area (Å²) in [5.74, 6) is 1.70. The van der Waals surface area contributed by atoms with Crippen LogP contribution in [-0.4, -0.2) is 27.9 Å². The summed E-state index contributed by atoms with van der Waals surface area (Å²) >= 11 is 1.68. The van der Waals surface area contributed by atoms with E-state index in [1.165, 1.54) is 25.7 Å². The van der Waals surface area contributed by atoms with E-state index in [0.717, 1.165) is 5.75 Å². The lowest BCUT2D eigenvalue weighted by atomic mass is 10.2. The maximum atomic E-state index is 10.3. The summed E-state index contributed by atoms with van der Waals surface area (Å²) in [5.41, 5.74) is 0. The molecule has 0 heterocycles. The number of thioether (sulfide) groups is 1. The van der Waals surface area contributed by atoms with E-state index in [1.54, 1.807) is 11.8 Å². The molecule has 0 aliphatic carbocycles. The number of phosphoric acid groups is 1. The van der Waals surface area contributed by atoms with Crippen molar-refractivity contribution >= 4 is 19.6 Å². The highest BCUT2D eigenvalue weighted by molar-refractivity contribution is 7.99. The van der Waals surface area contributed by atoms with Gasteiger partial charge in [0, 0.05) is 5.75 Å². The largest absolute Gasteiger partial charge is 0.469 e. The Morgan fingerprint density at radius 2 is 1.93 bits per heavy atom. The van der Waals surface area contributed by atoms with Crippen molar-refractivity contribution in [1.82, 2.24) is 0 Å². The molecule has 4 nitrogen and oxygen atoms in total. The Bertz CT molecular complexity index is 171. The molecule has 0 spiro atoms. The number of unbranched alkanes of at least 4 members (excludes halogenated alkanes) is 3. The molecule has 6 heteroatoms. The number of hydrogen-bond acceptors (Lipinski definition) is 3. The van der Waals surface area contributed by atoms with Gasteiger partial charge in [0.25, 0.3) is 0 Å². The standard InChI is InChI=1S/C8H19O4PS/c1-2-3-4-5-7-14-8-6-12-13(9,10)11/h2-8H2,1H3,(H2,9,10,11). The molecular formula is C8H19O4PS. The highest BCUT2D eigenvalue weighted by Gasteiger charge is 2.12. The summed E-state index contributed by atoms with van der Waals surface area (Å²) in [6.45, 7) is 2.30. The van der Waals surface area contributed by atoms with E-state index in [2.05, 4.69) is 11.4 Å². The highest BCUT2D eigenvalue weighted by Crippen LogP contribution is 2.35. The van der Waals surface area contributed by atoms with Gasteiger partial charge in [-0.05, 0) is 12.2 Å². The smallest absolute Gasteiger partial charge is 0.303 e. The second kappa shape index (κ2) is 8.74. The fourth-order valence-corrected chi connectivity index (χ4v) is 2.21. The molecule has 0 saturated carbocycles. The third-order valence-electron chi connectivity index (χ3n) is 1.63. The maximum absolute atomic E-state index is 10.3. The summed E-state index contributed by atoms with van der Waals surface area (Å²) in [5, 5.41) is 0. The lowest BCUT2D eigenvalue weighted by Gasteiger charge is -2.04. The van der Waals surface area contributed by atoms with Crippen molar-refractivity contribution in [3.63, 3.8) is 0 Å². The molecule has 0 aromatic carbocycles. The minimum Gasteiger partial charge on any atom is -0.303 e. The van der Waals surface area contributed by atoms with Gasteiger partial charge < -0.3 is 9.79 Å². The van der Waals surface area contributed by atoms with Gasteiger partial charge in [-0.3, -0.25) is 4.52 Å². The fraction of sp³-hybridized carbons (Fsp3) is 1.00. The quantitative estimate of drug-likeness (QED) is 0.480. The van der Waals surface area contributed by atoms with Gasteiger partial charge in [0.1, 0.15) is 0 Å². The van der Waals surface area contributed by atoms with Crippen molar-refractivity contribution in [3.05, 3.63) is 0 Å². The second-order valence-electron chi connectivity index (χ2n) is 3.00. The molecular weight excluding hydrogens is 223 g/mol. The highest BCUT2D eigenvalue weighted by atomic mass is 32.2. The normalized spacial score (nSPS) is 11.9. The van der Waals surface area contributed by atoms with Crippen LogP contribution in [0.25, 0.3) is 0 Å². The average Bonchev–Trinajstić information content (AvgIpc) is 2.08. The zero-order valence-electron chi connectivity index (χ0n) is 8.52. The van der Waals surface area contributed by atoms with Crippen LogP contribution in [0.3, 0.4) is 0 Å². The van der Waals surface area contributed by atoms with Gasteiger partial charge >= 0.3 is 7.82 Å². The van der Waals surface area contributed by atoms with Crippen molar-refractivity contribution in [2.24, 2.45) is 0 Å². The third-order valence-corrected chi connectivity index (χ3v) is 3.18. The summed E-state index contributed by atoms with van der Waals surface area (Å²) in [6, 6.07) is 0. The van der Waals surface area contributed by atoms with Gasteiger partial charge in [-0.15, -0.1) is 0 Å². The Hall–Kier alpha value is 0.460. The zero-order chi connectivity index (χ0) is 10.9. The van der Waals surface area contributed by atoms with E-state index in [1.807, 2.05) is 0 Å². The molecule has 0 saturated heterocycles. The van der Waals surface area contributed by atoms with Crippen molar-refractivity contribution in [2.75, 3.05) is 18.1 Å². The molecule has 0 radical (unpaired) electrons. The molecule has 0 bridgehead atoms. The van der Waals surface area contributed by atoms with E-state index in [-0.39, 0.29) is 6.61 Å². The van der Waals surface area contributed by atoms with Gasteiger partial charge in [-0.25, -0.2) is 4.57 Å². The van der Waals surface area contributed by atoms with E-state index >= 15 is 0 Å². The van der Waals surface area contributed by atoms with Crippen LogP contribution in [0.15, 0.2) is 0 Å². The molecule has 86 valence electrons. The Balaban J connectivity index is 3.03. The molecule has 0 atom stereocenters. The fourth-order valence-electron chi connectivity index (χ4n) is 0.948. The predicted molar refractivity (Wildman–Crippen MR) is 59.5 cm³/mol. The van der Waals surface area contributed by atoms with E-state index in [9.17, 15) is 4.57 Å². The molecule has 2 N–H and O–H groups in total. The molecule has 0 rings (SSSR count). The van der Waals surface area contributed by atoms with Crippen molar-refractivity contribution in [1.29, 1.82) is 0 Å². The van der Waals surface area contributed by atoms with Crippen LogP contribution in [0.2, 0.25) is 0 Å². The Labute approximate surface area is 89.7 Å². The van der Waals surface area contributed by atoms with Crippen molar-refractivity contribution in [2.45, 2.75) is 32.6 Å². The van der Waals surface area contributed by atoms with Crippen molar-refractivity contribution < 1.29 is 18.9 Å². The van der Waals surface area contributed by atoms with Crippen LogP contribution in [0.5, 0.6) is 0 Å². The summed E-state index contributed by atoms with van der Waals surface area (Å²) in [7, 11) is -4.25. The number of hydrogen-bond donors (Lipinski definition) is 2. The monoisotopic (exact) mass is 242 g/mol. The van der Waals surface area contributed by atoms with Crippen molar-refractivity contribution in [3.8, 4) is 0 Å². The van der Waals surface area contributed by atoms with Crippen LogP contribution < -0.4 is 0 Å². The molecule has 0 aromatic heterocycles. The average molecular weight is 242 g/mol. The Morgan fingerprint density at radius 1 is 1.21 bits per heavy atom. The van der Waals surface area contributed by atoms with Crippen LogP contribution in [0.4, 0.5) is 0 Å². The molecule has 0 unspecified atom stereocenters. The van der Waals surface area contributed by atoms with Crippen LogP contribution >= 0.6 is 19.6 Å². The number of rotatable bonds is 9. The van der Waals surface area contributed by atoms with E-state index in [4.69, 9.17) is 9.79 Å². The number of phosphoric ester groups is 1. The second-order valence-corrected chi connectivity index (χ2v) is 5.46. The SMILES string of the molecule is CCCCCCSCCOP(=O)(O)O. The maximum Gasteiger partial charge on any atom is 0.469 e. The molecule has 14 heavy (non-hydrogen) atoms. The Morgan fingerprint density at radius 3 is 2.50 bits per heavy atom. The Kier molecular flexibility index (Phi) is 9.03. The van der Waals surface area contributed by atoms with Gasteiger partial charge in [0.2, 0.25) is 0 Å². The van der Waals surface area contributed by atoms with E-state index < -0.39 is 7.82 Å². The zero-order valence-corrected chi connectivity index (χ0v) is 10.2. The predicted octanol–water partition coefficient (Wildman–Crippen LogP) is 2.41. The topological polar surface area (TPSA) is 66.8 Å². The lowest BCUT2D eigenvalue weighted by molar-refractivity contribution is 0.208. The van der Waals surface area contributed by atoms with Crippen LogP contribution in [0, 0.1) is 0 Å². The first-order chi connectivity index (χ1) is 6.56. The van der Waals surface area contributed by atoms with Gasteiger partial charge in [-0.1, -0.05) is 26.2 Å². The summed E-state index contributed by atoms with van der Waals surface area (Å²) < 4.78 is 14.6. The molecule has 0 aromatic rings. The van der Waals surface area contributed by atoms with Crippen LogP contribution in [0.1, 0.15) is 32.6 Å². The molecule has 0 aliphatic heterocycles. The molecule has 0 fully saturated rings. The molecule has 0 aliphatic rings. The summed E-state index contributed by atoms with van der Waals surface area (Å²) in [4.78, 5) is 16.7. The first kappa shape index (κ1) is 14.5. The van der Waals surface area contributed by atoms with E-state index in [0.29, 0.717) is 5.75 Å². The first-order valence-corrected chi connectivity index (χ1v) is 7.52. The van der Waals surface area contributed by atoms with Gasteiger partial charge in [0.05, 0.1) is 6.61 Å².